The molecule has 0 saturated carbocycles. The van der Waals surface area contributed by atoms with Crippen LogP contribution in [0.25, 0.3) is 22.3 Å². The maximum Gasteiger partial charge on any atom is 0.193 e. The van der Waals surface area contributed by atoms with Gasteiger partial charge in [0.05, 0.1) is 25.3 Å². The number of hydrogen-bond acceptors (Lipinski definition) is 7. The fraction of sp³-hybridized carbons (Fsp3) is 0.118. The zero-order valence-corrected chi connectivity index (χ0v) is 13.0. The third-order valence-electron chi connectivity index (χ3n) is 3.60. The lowest BCUT2D eigenvalue weighted by atomic mass is 10.1. The molecule has 3 aromatic rings. The van der Waals surface area contributed by atoms with Gasteiger partial charge in [0.1, 0.15) is 11.3 Å². The first kappa shape index (κ1) is 15.9. The predicted octanol–water partition coefficient (Wildman–Crippen LogP) is 3.17. The lowest BCUT2D eigenvalue weighted by Crippen LogP contribution is -2.08. The molecule has 0 radical (unpaired) electrons. The van der Waals surface area contributed by atoms with Crippen molar-refractivity contribution < 1.29 is 19.1 Å². The molecule has 0 aliphatic carbocycles. The summed E-state index contributed by atoms with van der Waals surface area (Å²) < 4.78 is 16.2. The van der Waals surface area contributed by atoms with Crippen molar-refractivity contribution in [2.75, 3.05) is 19.4 Å². The van der Waals surface area contributed by atoms with Crippen molar-refractivity contribution in [3.8, 4) is 22.8 Å². The first-order valence-electron chi connectivity index (χ1n) is 7.00. The Morgan fingerprint density at radius 1 is 1.04 bits per heavy atom. The Hall–Kier alpha value is -3.03. The van der Waals surface area contributed by atoms with Crippen LogP contribution in [-0.4, -0.2) is 19.4 Å². The Balaban J connectivity index is 2.14. The van der Waals surface area contributed by atoms with Gasteiger partial charge in [0.15, 0.2) is 16.9 Å². The molecule has 0 spiro atoms. The van der Waals surface area contributed by atoms with Crippen LogP contribution in [0.1, 0.15) is 0 Å². The van der Waals surface area contributed by atoms with E-state index < -0.39 is 0 Å². The maximum atomic E-state index is 12.3. The summed E-state index contributed by atoms with van der Waals surface area (Å²) in [7, 11) is 3.05. The molecule has 7 nitrogen and oxygen atoms in total. The Kier molecular flexibility index (Phi) is 4.11. The minimum Gasteiger partial charge on any atom is -0.733 e. The van der Waals surface area contributed by atoms with Gasteiger partial charge in [-0.05, 0) is 36.4 Å². The van der Waals surface area contributed by atoms with Crippen LogP contribution in [0.3, 0.4) is 0 Å². The SMILES string of the molecule is COc1ccc(-c2cc(=O)c3cc(N([O-])O)ccc3o2)cc1OC. The molecule has 0 aliphatic heterocycles. The van der Waals surface area contributed by atoms with Crippen LogP contribution < -0.4 is 20.1 Å². The van der Waals surface area contributed by atoms with Crippen LogP contribution in [0.4, 0.5) is 5.69 Å². The molecule has 1 N–H and O–H groups in total. The van der Waals surface area contributed by atoms with E-state index >= 15 is 0 Å². The highest BCUT2D eigenvalue weighted by Gasteiger charge is 2.11. The molecule has 124 valence electrons. The van der Waals surface area contributed by atoms with Crippen molar-refractivity contribution >= 4 is 16.7 Å². The smallest absolute Gasteiger partial charge is 0.193 e. The van der Waals surface area contributed by atoms with E-state index in [2.05, 4.69) is 0 Å². The largest absolute Gasteiger partial charge is 0.733 e. The number of hydrogen-bond donors (Lipinski definition) is 1. The number of benzene rings is 2. The van der Waals surface area contributed by atoms with Gasteiger partial charge >= 0.3 is 0 Å². The van der Waals surface area contributed by atoms with Crippen LogP contribution in [0.5, 0.6) is 11.5 Å². The Morgan fingerprint density at radius 2 is 1.79 bits per heavy atom. The number of ether oxygens (including phenoxy) is 2. The van der Waals surface area contributed by atoms with E-state index in [1.165, 1.54) is 38.5 Å². The summed E-state index contributed by atoms with van der Waals surface area (Å²) in [4.78, 5) is 12.3. The minimum atomic E-state index is -0.329. The Bertz CT molecular complexity index is 947. The summed E-state index contributed by atoms with van der Waals surface area (Å²) in [6.45, 7) is 0. The average Bonchev–Trinajstić information content (AvgIpc) is 2.60. The maximum absolute atomic E-state index is 12.3. The van der Waals surface area contributed by atoms with Crippen molar-refractivity contribution in [3.63, 3.8) is 0 Å². The molecular formula is C17H14NO6-. The van der Waals surface area contributed by atoms with Crippen LogP contribution in [-0.2, 0) is 0 Å². The molecule has 1 aromatic heterocycles. The summed E-state index contributed by atoms with van der Waals surface area (Å²) >= 11 is 0. The van der Waals surface area contributed by atoms with Crippen molar-refractivity contribution in [2.45, 2.75) is 0 Å². The molecule has 2 aromatic carbocycles. The number of anilines is 1. The number of nitrogens with zero attached hydrogens (tertiary/aromatic N) is 1. The molecule has 0 saturated heterocycles. The molecule has 7 heteroatoms. The molecule has 1 heterocycles. The van der Waals surface area contributed by atoms with Crippen LogP contribution in [0.2, 0.25) is 0 Å². The van der Waals surface area contributed by atoms with Gasteiger partial charge in [0.2, 0.25) is 0 Å². The van der Waals surface area contributed by atoms with Crippen molar-refractivity contribution in [1.29, 1.82) is 0 Å². The second-order valence-corrected chi connectivity index (χ2v) is 5.00. The molecule has 0 unspecified atom stereocenters. The Labute approximate surface area is 136 Å². The zero-order valence-electron chi connectivity index (χ0n) is 13.0. The van der Waals surface area contributed by atoms with Gasteiger partial charge < -0.3 is 24.3 Å². The summed E-state index contributed by atoms with van der Waals surface area (Å²) in [5, 5.41) is 19.8. The van der Waals surface area contributed by atoms with Crippen LogP contribution in [0, 0.1) is 5.21 Å². The highest BCUT2D eigenvalue weighted by molar-refractivity contribution is 5.82. The highest BCUT2D eigenvalue weighted by Crippen LogP contribution is 2.33. The number of fused-ring (bicyclic) bond motifs is 1. The Morgan fingerprint density at radius 3 is 2.46 bits per heavy atom. The summed E-state index contributed by atoms with van der Waals surface area (Å²) in [5.74, 6) is 1.42. The molecular weight excluding hydrogens is 314 g/mol. The van der Waals surface area contributed by atoms with Gasteiger partial charge in [-0.15, -0.1) is 0 Å². The normalized spacial score (nSPS) is 10.7. The van der Waals surface area contributed by atoms with Crippen molar-refractivity contribution in [2.24, 2.45) is 0 Å². The van der Waals surface area contributed by atoms with E-state index in [0.717, 1.165) is 0 Å². The van der Waals surface area contributed by atoms with Gasteiger partial charge in [-0.1, -0.05) is 0 Å². The van der Waals surface area contributed by atoms with Crippen LogP contribution >= 0.6 is 0 Å². The van der Waals surface area contributed by atoms with Gasteiger partial charge in [-0.3, -0.25) is 10.0 Å². The monoisotopic (exact) mass is 328 g/mol. The van der Waals surface area contributed by atoms with E-state index in [1.54, 1.807) is 18.2 Å². The minimum absolute atomic E-state index is 0.0475. The third-order valence-corrected chi connectivity index (χ3v) is 3.60. The second kappa shape index (κ2) is 6.23. The van der Waals surface area contributed by atoms with Gasteiger partial charge in [0.25, 0.3) is 0 Å². The topological polar surface area (TPSA) is 95.2 Å². The van der Waals surface area contributed by atoms with Crippen molar-refractivity contribution in [1.82, 2.24) is 0 Å². The molecule has 0 atom stereocenters. The quantitative estimate of drug-likeness (QED) is 0.735. The fourth-order valence-electron chi connectivity index (χ4n) is 2.39. The molecule has 3 rings (SSSR count). The molecule has 24 heavy (non-hydrogen) atoms. The highest BCUT2D eigenvalue weighted by atomic mass is 16.8. The molecule has 0 bridgehead atoms. The molecule has 0 aliphatic rings. The van der Waals surface area contributed by atoms with E-state index in [4.69, 9.17) is 19.1 Å². The number of methoxy groups -OCH3 is 2. The third kappa shape index (κ3) is 2.78. The summed E-state index contributed by atoms with van der Waals surface area (Å²) in [6.07, 6.45) is 0. The van der Waals surface area contributed by atoms with Crippen molar-refractivity contribution in [3.05, 3.63) is 57.9 Å². The van der Waals surface area contributed by atoms with Crippen LogP contribution in [0.15, 0.2) is 51.7 Å². The van der Waals surface area contributed by atoms with E-state index in [-0.39, 0.29) is 21.7 Å². The molecule has 0 amide bonds. The first-order valence-corrected chi connectivity index (χ1v) is 7.00. The van der Waals surface area contributed by atoms with Gasteiger partial charge in [-0.2, -0.15) is 0 Å². The lowest BCUT2D eigenvalue weighted by molar-refractivity contribution is 0.296. The summed E-state index contributed by atoms with van der Waals surface area (Å²) in [6, 6.07) is 10.6. The zero-order chi connectivity index (χ0) is 17.3. The van der Waals surface area contributed by atoms with E-state index in [0.29, 0.717) is 28.4 Å². The number of rotatable bonds is 4. The standard InChI is InChI=1S/C17H14NO6/c1-22-15-5-3-10(7-17(15)23-2)16-9-13(19)12-8-11(18(20)21)4-6-14(12)24-16/h3-9,20H,1-2H3/q-1. The molecule has 0 fully saturated rings. The second-order valence-electron chi connectivity index (χ2n) is 5.00. The van der Waals surface area contributed by atoms with Gasteiger partial charge in [0, 0.05) is 11.6 Å². The first-order chi connectivity index (χ1) is 11.5. The van der Waals surface area contributed by atoms with E-state index in [1.807, 2.05) is 0 Å². The summed E-state index contributed by atoms with van der Waals surface area (Å²) in [5.41, 5.74) is 0.569. The van der Waals surface area contributed by atoms with Gasteiger partial charge in [-0.25, -0.2) is 0 Å². The van der Waals surface area contributed by atoms with E-state index in [9.17, 15) is 10.0 Å². The predicted molar refractivity (Wildman–Crippen MR) is 88.7 cm³/mol. The average molecular weight is 328 g/mol. The lowest BCUT2D eigenvalue weighted by Gasteiger charge is -2.21. The fourth-order valence-corrected chi connectivity index (χ4v) is 2.39.